The van der Waals surface area contributed by atoms with Gasteiger partial charge in [0, 0.05) is 31.9 Å². The zero-order valence-electron chi connectivity index (χ0n) is 13.4. The molecule has 0 aliphatic carbocycles. The quantitative estimate of drug-likeness (QED) is 0.942. The molecule has 5 heteroatoms. The number of likely N-dealkylation sites (N-methyl/N-ethyl adjacent to an activating group) is 1. The van der Waals surface area contributed by atoms with Crippen molar-refractivity contribution in [1.29, 1.82) is 0 Å². The van der Waals surface area contributed by atoms with Gasteiger partial charge in [-0.3, -0.25) is 4.79 Å². The van der Waals surface area contributed by atoms with Gasteiger partial charge in [0.15, 0.2) is 0 Å². The first-order chi connectivity index (χ1) is 11.3. The summed E-state index contributed by atoms with van der Waals surface area (Å²) >= 11 is 0. The third-order valence-corrected chi connectivity index (χ3v) is 4.20. The van der Waals surface area contributed by atoms with Gasteiger partial charge in [-0.15, -0.1) is 0 Å². The van der Waals surface area contributed by atoms with Crippen molar-refractivity contribution in [1.82, 2.24) is 9.88 Å². The normalized spacial score (nSPS) is 15.4. The number of rotatable bonds is 4. The Bertz CT molecular complexity index is 634. The Morgan fingerprint density at radius 2 is 1.83 bits per heavy atom. The molecule has 0 bridgehead atoms. The van der Waals surface area contributed by atoms with Gasteiger partial charge in [0.25, 0.3) is 5.91 Å². The van der Waals surface area contributed by atoms with Crippen LogP contribution in [0.2, 0.25) is 0 Å². The Hall–Kier alpha value is -2.40. The van der Waals surface area contributed by atoms with E-state index < -0.39 is 0 Å². The van der Waals surface area contributed by atoms with E-state index in [1.54, 1.807) is 12.3 Å². The van der Waals surface area contributed by atoms with Crippen molar-refractivity contribution in [2.45, 2.75) is 6.92 Å². The summed E-state index contributed by atoms with van der Waals surface area (Å²) in [5, 5.41) is 2.85. The molecule has 1 aliphatic rings. The van der Waals surface area contributed by atoms with E-state index in [2.05, 4.69) is 27.0 Å². The number of anilines is 2. The molecule has 23 heavy (non-hydrogen) atoms. The summed E-state index contributed by atoms with van der Waals surface area (Å²) in [7, 11) is 0. The van der Waals surface area contributed by atoms with Crippen LogP contribution in [0.4, 0.5) is 11.4 Å². The van der Waals surface area contributed by atoms with Crippen LogP contribution in [0.5, 0.6) is 0 Å². The Labute approximate surface area is 136 Å². The van der Waals surface area contributed by atoms with E-state index in [9.17, 15) is 4.79 Å². The van der Waals surface area contributed by atoms with Crippen LogP contribution in [0.1, 0.15) is 17.4 Å². The second-order valence-electron chi connectivity index (χ2n) is 5.64. The lowest BCUT2D eigenvalue weighted by atomic mass is 10.2. The highest BCUT2D eigenvalue weighted by molar-refractivity contribution is 6.02. The molecule has 5 nitrogen and oxygen atoms in total. The number of amides is 1. The molecule has 1 aliphatic heterocycles. The van der Waals surface area contributed by atoms with Crippen LogP contribution in [0.3, 0.4) is 0 Å². The molecule has 2 aromatic rings. The number of hydrogen-bond acceptors (Lipinski definition) is 4. The van der Waals surface area contributed by atoms with E-state index in [0.29, 0.717) is 5.69 Å². The maximum Gasteiger partial charge on any atom is 0.274 e. The lowest BCUT2D eigenvalue weighted by molar-refractivity contribution is 0.102. The predicted octanol–water partition coefficient (Wildman–Crippen LogP) is 2.48. The largest absolute Gasteiger partial charge is 0.368 e. The molecule has 1 N–H and O–H groups in total. The highest BCUT2D eigenvalue weighted by atomic mass is 16.1. The molecular weight excluding hydrogens is 288 g/mol. The fraction of sp³-hybridized carbons (Fsp3) is 0.333. The minimum Gasteiger partial charge on any atom is -0.368 e. The topological polar surface area (TPSA) is 48.5 Å². The van der Waals surface area contributed by atoms with Crippen molar-refractivity contribution >= 4 is 17.3 Å². The van der Waals surface area contributed by atoms with Crippen LogP contribution in [0.15, 0.2) is 48.7 Å². The molecule has 0 radical (unpaired) electrons. The number of hydrogen-bond donors (Lipinski definition) is 1. The van der Waals surface area contributed by atoms with E-state index in [1.165, 1.54) is 0 Å². The fourth-order valence-corrected chi connectivity index (χ4v) is 2.75. The molecule has 1 saturated heterocycles. The number of carbonyl (C=O) groups is 1. The van der Waals surface area contributed by atoms with Crippen LogP contribution in [-0.2, 0) is 0 Å². The van der Waals surface area contributed by atoms with Crippen molar-refractivity contribution in [3.63, 3.8) is 0 Å². The van der Waals surface area contributed by atoms with Gasteiger partial charge in [-0.1, -0.05) is 25.1 Å². The second kappa shape index (κ2) is 7.24. The fourth-order valence-electron chi connectivity index (χ4n) is 2.75. The van der Waals surface area contributed by atoms with Gasteiger partial charge in [-0.2, -0.15) is 0 Å². The Morgan fingerprint density at radius 1 is 1.09 bits per heavy atom. The monoisotopic (exact) mass is 310 g/mol. The average molecular weight is 310 g/mol. The molecule has 1 fully saturated rings. The number of piperazine rings is 1. The standard InChI is InChI=1S/C18H22N4O/c1-2-21-10-12-22(13-11-21)16-8-9-17(19-14-16)18(23)20-15-6-4-3-5-7-15/h3-9,14H,2,10-13H2,1H3,(H,20,23). The van der Waals surface area contributed by atoms with Crippen molar-refractivity contribution in [3.05, 3.63) is 54.4 Å². The first-order valence-electron chi connectivity index (χ1n) is 8.06. The van der Waals surface area contributed by atoms with Crippen LogP contribution >= 0.6 is 0 Å². The summed E-state index contributed by atoms with van der Waals surface area (Å²) in [6.07, 6.45) is 1.79. The van der Waals surface area contributed by atoms with Gasteiger partial charge in [0.05, 0.1) is 11.9 Å². The van der Waals surface area contributed by atoms with Crippen molar-refractivity contribution < 1.29 is 4.79 Å². The number of pyridine rings is 1. The number of para-hydroxylation sites is 1. The van der Waals surface area contributed by atoms with Gasteiger partial charge in [-0.05, 0) is 30.8 Å². The molecule has 120 valence electrons. The third kappa shape index (κ3) is 3.87. The highest BCUT2D eigenvalue weighted by Crippen LogP contribution is 2.16. The number of nitrogens with zero attached hydrogens (tertiary/aromatic N) is 3. The summed E-state index contributed by atoms with van der Waals surface area (Å²) in [6, 6.07) is 13.2. The smallest absolute Gasteiger partial charge is 0.274 e. The lowest BCUT2D eigenvalue weighted by Gasteiger charge is -2.35. The summed E-state index contributed by atoms with van der Waals surface area (Å²) in [6.45, 7) is 7.46. The molecule has 1 amide bonds. The molecule has 3 rings (SSSR count). The van der Waals surface area contributed by atoms with Gasteiger partial charge in [0.1, 0.15) is 5.69 Å². The molecule has 2 heterocycles. The minimum atomic E-state index is -0.182. The number of nitrogens with one attached hydrogen (secondary N) is 1. The molecule has 0 unspecified atom stereocenters. The van der Waals surface area contributed by atoms with Gasteiger partial charge >= 0.3 is 0 Å². The molecular formula is C18H22N4O. The van der Waals surface area contributed by atoms with Crippen LogP contribution in [0.25, 0.3) is 0 Å². The van der Waals surface area contributed by atoms with Gasteiger partial charge in [0.2, 0.25) is 0 Å². The number of aromatic nitrogens is 1. The van der Waals surface area contributed by atoms with Crippen LogP contribution < -0.4 is 10.2 Å². The highest BCUT2D eigenvalue weighted by Gasteiger charge is 2.16. The maximum absolute atomic E-state index is 12.2. The molecule has 1 aromatic heterocycles. The van der Waals surface area contributed by atoms with Crippen molar-refractivity contribution in [2.75, 3.05) is 42.9 Å². The van der Waals surface area contributed by atoms with Gasteiger partial charge in [-0.25, -0.2) is 4.98 Å². The Morgan fingerprint density at radius 3 is 2.43 bits per heavy atom. The first-order valence-corrected chi connectivity index (χ1v) is 8.06. The van der Waals surface area contributed by atoms with Crippen LogP contribution in [-0.4, -0.2) is 48.5 Å². The summed E-state index contributed by atoms with van der Waals surface area (Å²) < 4.78 is 0. The minimum absolute atomic E-state index is 0.182. The summed E-state index contributed by atoms with van der Waals surface area (Å²) in [5.41, 5.74) is 2.29. The summed E-state index contributed by atoms with van der Waals surface area (Å²) in [4.78, 5) is 21.3. The van der Waals surface area contributed by atoms with E-state index >= 15 is 0 Å². The van der Waals surface area contributed by atoms with Crippen molar-refractivity contribution in [3.8, 4) is 0 Å². The van der Waals surface area contributed by atoms with E-state index in [4.69, 9.17) is 0 Å². The summed E-state index contributed by atoms with van der Waals surface area (Å²) in [5.74, 6) is -0.182. The maximum atomic E-state index is 12.2. The molecule has 1 aromatic carbocycles. The SMILES string of the molecule is CCN1CCN(c2ccc(C(=O)Nc3ccccc3)nc2)CC1. The van der Waals surface area contributed by atoms with E-state index in [1.807, 2.05) is 36.4 Å². The van der Waals surface area contributed by atoms with Gasteiger partial charge < -0.3 is 15.1 Å². The second-order valence-corrected chi connectivity index (χ2v) is 5.64. The molecule has 0 atom stereocenters. The average Bonchev–Trinajstić information content (AvgIpc) is 2.63. The number of carbonyl (C=O) groups excluding carboxylic acids is 1. The number of benzene rings is 1. The molecule has 0 saturated carbocycles. The zero-order valence-corrected chi connectivity index (χ0v) is 13.4. The van der Waals surface area contributed by atoms with E-state index in [0.717, 1.165) is 44.1 Å². The Kier molecular flexibility index (Phi) is 4.88. The third-order valence-electron chi connectivity index (χ3n) is 4.20. The zero-order chi connectivity index (χ0) is 16.1. The predicted molar refractivity (Wildman–Crippen MR) is 93.0 cm³/mol. The van der Waals surface area contributed by atoms with Crippen molar-refractivity contribution in [2.24, 2.45) is 0 Å². The Balaban J connectivity index is 1.62. The van der Waals surface area contributed by atoms with Crippen LogP contribution in [0, 0.1) is 0 Å². The van der Waals surface area contributed by atoms with E-state index in [-0.39, 0.29) is 5.91 Å². The first kappa shape index (κ1) is 15.5. The molecule has 0 spiro atoms. The lowest BCUT2D eigenvalue weighted by Crippen LogP contribution is -2.46.